The molecule has 4 unspecified atom stereocenters. The molecule has 148 valence electrons. The molecule has 8 heteroatoms. The first kappa shape index (κ1) is 21.3. The molecule has 0 saturated carbocycles. The van der Waals surface area contributed by atoms with Crippen molar-refractivity contribution in [3.63, 3.8) is 0 Å². The van der Waals surface area contributed by atoms with Gasteiger partial charge in [0.25, 0.3) is 0 Å². The van der Waals surface area contributed by atoms with Crippen LogP contribution >= 0.6 is 48.0 Å². The number of benzene rings is 1. The second-order valence-corrected chi connectivity index (χ2v) is 11.7. The van der Waals surface area contributed by atoms with Crippen molar-refractivity contribution in [1.29, 1.82) is 0 Å². The van der Waals surface area contributed by atoms with E-state index in [2.05, 4.69) is 6.92 Å². The quantitative estimate of drug-likeness (QED) is 0.650. The molecule has 2 heterocycles. The Balaban J connectivity index is 2.22. The zero-order valence-corrected chi connectivity index (χ0v) is 19.9. The molecule has 2 aliphatic rings. The Morgan fingerprint density at radius 1 is 0.815 bits per heavy atom. The highest BCUT2D eigenvalue weighted by Crippen LogP contribution is 2.48. The second kappa shape index (κ2) is 6.85. The maximum absolute atomic E-state index is 11.1. The Bertz CT molecular complexity index is 773. The van der Waals surface area contributed by atoms with Crippen molar-refractivity contribution in [1.82, 2.24) is 0 Å². The van der Waals surface area contributed by atoms with Gasteiger partial charge in [0.1, 0.15) is 8.64 Å². The SMILES string of the molecule is Cc1c(N2C(=S)SC(C)C2(C)O)cc(N2C(=S)SC(C)C2(C)O)c(C)c1C. The van der Waals surface area contributed by atoms with Crippen molar-refractivity contribution in [3.8, 4) is 0 Å². The van der Waals surface area contributed by atoms with Crippen LogP contribution in [0.25, 0.3) is 0 Å². The summed E-state index contributed by atoms with van der Waals surface area (Å²) in [7, 11) is 0. The Morgan fingerprint density at radius 3 is 1.41 bits per heavy atom. The van der Waals surface area contributed by atoms with E-state index in [1.54, 1.807) is 13.8 Å². The lowest BCUT2D eigenvalue weighted by atomic mass is 9.96. The van der Waals surface area contributed by atoms with Gasteiger partial charge >= 0.3 is 0 Å². The maximum atomic E-state index is 11.1. The molecule has 2 N–H and O–H groups in total. The van der Waals surface area contributed by atoms with E-state index in [-0.39, 0.29) is 10.5 Å². The molecule has 0 bridgehead atoms. The van der Waals surface area contributed by atoms with Crippen LogP contribution in [0.4, 0.5) is 11.4 Å². The summed E-state index contributed by atoms with van der Waals surface area (Å²) < 4.78 is 1.31. The van der Waals surface area contributed by atoms with Crippen LogP contribution in [0.15, 0.2) is 6.07 Å². The third-order valence-corrected chi connectivity index (χ3v) is 9.33. The van der Waals surface area contributed by atoms with Crippen molar-refractivity contribution in [2.24, 2.45) is 0 Å². The standard InChI is InChI=1S/C19H26N2O2S4/c1-9-10(2)14(20-16(24)26-12(4)18(20,6)22)8-15(11(9)3)21-17(25)27-13(5)19(21,7)23/h8,12-13,22-23H,1-7H3. The Hall–Kier alpha value is -0.380. The highest BCUT2D eigenvalue weighted by molar-refractivity contribution is 8.24. The third-order valence-electron chi connectivity index (χ3n) is 6.01. The van der Waals surface area contributed by atoms with Crippen LogP contribution in [0.1, 0.15) is 44.4 Å². The van der Waals surface area contributed by atoms with Crippen molar-refractivity contribution >= 4 is 68.0 Å². The molecule has 0 spiro atoms. The number of aliphatic hydroxyl groups is 2. The number of thioether (sulfide) groups is 2. The smallest absolute Gasteiger partial charge is 0.152 e. The summed E-state index contributed by atoms with van der Waals surface area (Å²) >= 11 is 14.2. The van der Waals surface area contributed by atoms with Crippen LogP contribution in [0, 0.1) is 20.8 Å². The number of anilines is 2. The summed E-state index contributed by atoms with van der Waals surface area (Å²) in [5.41, 5.74) is 2.81. The van der Waals surface area contributed by atoms with Gasteiger partial charge in [0.2, 0.25) is 0 Å². The van der Waals surface area contributed by atoms with Gasteiger partial charge in [0, 0.05) is 0 Å². The topological polar surface area (TPSA) is 46.9 Å². The molecule has 2 saturated heterocycles. The Kier molecular flexibility index (Phi) is 5.41. The highest BCUT2D eigenvalue weighted by atomic mass is 32.2. The molecule has 2 aliphatic heterocycles. The van der Waals surface area contributed by atoms with Gasteiger partial charge in [-0.1, -0.05) is 48.0 Å². The lowest BCUT2D eigenvalue weighted by Gasteiger charge is -2.38. The molecule has 0 radical (unpaired) electrons. The fourth-order valence-electron chi connectivity index (χ4n) is 3.52. The van der Waals surface area contributed by atoms with E-state index >= 15 is 0 Å². The van der Waals surface area contributed by atoms with Crippen LogP contribution in [0.5, 0.6) is 0 Å². The van der Waals surface area contributed by atoms with Gasteiger partial charge in [-0.3, -0.25) is 9.80 Å². The van der Waals surface area contributed by atoms with Crippen molar-refractivity contribution in [2.75, 3.05) is 9.80 Å². The van der Waals surface area contributed by atoms with Crippen LogP contribution in [0.2, 0.25) is 0 Å². The number of hydrogen-bond donors (Lipinski definition) is 2. The maximum Gasteiger partial charge on any atom is 0.152 e. The normalized spacial score (nSPS) is 34.1. The monoisotopic (exact) mass is 442 g/mol. The predicted molar refractivity (Wildman–Crippen MR) is 126 cm³/mol. The molecular weight excluding hydrogens is 416 g/mol. The number of rotatable bonds is 2. The van der Waals surface area contributed by atoms with E-state index in [9.17, 15) is 10.2 Å². The average molecular weight is 443 g/mol. The minimum atomic E-state index is -1.08. The molecule has 0 aliphatic carbocycles. The molecule has 1 aromatic carbocycles. The zero-order chi connectivity index (χ0) is 20.5. The van der Waals surface area contributed by atoms with Gasteiger partial charge in [0.15, 0.2) is 11.4 Å². The van der Waals surface area contributed by atoms with Crippen LogP contribution in [-0.2, 0) is 0 Å². The van der Waals surface area contributed by atoms with Crippen LogP contribution in [0.3, 0.4) is 0 Å². The van der Waals surface area contributed by atoms with E-state index < -0.39 is 11.4 Å². The summed E-state index contributed by atoms with van der Waals surface area (Å²) in [4.78, 5) is 3.68. The number of hydrogen-bond acceptors (Lipinski definition) is 6. The lowest BCUT2D eigenvalue weighted by molar-refractivity contribution is 0.0760. The van der Waals surface area contributed by atoms with Gasteiger partial charge in [-0.2, -0.15) is 0 Å². The van der Waals surface area contributed by atoms with Crippen LogP contribution < -0.4 is 9.80 Å². The molecule has 27 heavy (non-hydrogen) atoms. The Labute approximate surface area is 180 Å². The van der Waals surface area contributed by atoms with E-state index in [0.29, 0.717) is 8.64 Å². The molecule has 0 amide bonds. The molecule has 4 atom stereocenters. The minimum Gasteiger partial charge on any atom is -0.370 e. The summed E-state index contributed by atoms with van der Waals surface area (Å²) in [6, 6.07) is 2.01. The lowest BCUT2D eigenvalue weighted by Crippen LogP contribution is -2.49. The molecule has 3 rings (SSSR count). The number of nitrogens with zero attached hydrogens (tertiary/aromatic N) is 2. The molecule has 2 fully saturated rings. The van der Waals surface area contributed by atoms with Gasteiger partial charge in [-0.05, 0) is 71.2 Å². The molecule has 0 aromatic heterocycles. The summed E-state index contributed by atoms with van der Waals surface area (Å²) in [6.07, 6.45) is 0. The fraction of sp³-hybridized carbons (Fsp3) is 0.579. The zero-order valence-electron chi connectivity index (χ0n) is 16.7. The van der Waals surface area contributed by atoms with Crippen molar-refractivity contribution < 1.29 is 10.2 Å². The molecular formula is C19H26N2O2S4. The van der Waals surface area contributed by atoms with Crippen molar-refractivity contribution in [3.05, 3.63) is 22.8 Å². The summed E-state index contributed by atoms with van der Waals surface area (Å²) in [5.74, 6) is 0. The van der Waals surface area contributed by atoms with Gasteiger partial charge in [0.05, 0.1) is 21.9 Å². The average Bonchev–Trinajstić information content (AvgIpc) is 2.87. The van der Waals surface area contributed by atoms with Crippen molar-refractivity contribution in [2.45, 2.75) is 70.4 Å². The van der Waals surface area contributed by atoms with E-state index in [0.717, 1.165) is 28.1 Å². The number of thiocarbonyl (C=S) groups is 2. The van der Waals surface area contributed by atoms with Crippen LogP contribution in [-0.4, -0.2) is 40.8 Å². The first-order valence-electron chi connectivity index (χ1n) is 8.89. The van der Waals surface area contributed by atoms with Gasteiger partial charge in [-0.25, -0.2) is 0 Å². The summed E-state index contributed by atoms with van der Waals surface area (Å²) in [6.45, 7) is 13.7. The fourth-order valence-corrected chi connectivity index (χ4v) is 7.00. The highest BCUT2D eigenvalue weighted by Gasteiger charge is 2.48. The largest absolute Gasteiger partial charge is 0.370 e. The third kappa shape index (κ3) is 3.13. The summed E-state index contributed by atoms with van der Waals surface area (Å²) in [5, 5.41) is 22.1. The molecule has 4 nitrogen and oxygen atoms in total. The second-order valence-electron chi connectivity index (χ2n) is 7.70. The first-order chi connectivity index (χ1) is 12.3. The minimum absolute atomic E-state index is 0.0407. The van der Waals surface area contributed by atoms with Gasteiger partial charge < -0.3 is 10.2 Å². The van der Waals surface area contributed by atoms with E-state index in [1.807, 2.05) is 43.6 Å². The Morgan fingerprint density at radius 2 is 1.15 bits per heavy atom. The molecule has 1 aromatic rings. The van der Waals surface area contributed by atoms with Gasteiger partial charge in [-0.15, -0.1) is 0 Å². The van der Waals surface area contributed by atoms with E-state index in [1.165, 1.54) is 23.5 Å². The first-order valence-corrected chi connectivity index (χ1v) is 11.5. The van der Waals surface area contributed by atoms with E-state index in [4.69, 9.17) is 24.4 Å². The predicted octanol–water partition coefficient (Wildman–Crippen LogP) is 4.48.